The van der Waals surface area contributed by atoms with E-state index in [1.807, 2.05) is 49.4 Å². The molecular formula is C24H27N7O2. The van der Waals surface area contributed by atoms with E-state index in [1.165, 1.54) is 0 Å². The van der Waals surface area contributed by atoms with Crippen molar-refractivity contribution in [2.24, 2.45) is 0 Å². The molecule has 33 heavy (non-hydrogen) atoms. The number of carbonyl (C=O) groups is 1. The van der Waals surface area contributed by atoms with Gasteiger partial charge in [-0.2, -0.15) is 20.1 Å². The van der Waals surface area contributed by atoms with Crippen molar-refractivity contribution in [1.82, 2.24) is 35.1 Å². The largest absolute Gasteiger partial charge is 0.497 e. The number of rotatable bonds is 10. The Labute approximate surface area is 192 Å². The van der Waals surface area contributed by atoms with Gasteiger partial charge in [-0.15, -0.1) is 0 Å². The summed E-state index contributed by atoms with van der Waals surface area (Å²) in [5.74, 6) is 2.06. The maximum Gasteiger partial charge on any atom is 0.251 e. The van der Waals surface area contributed by atoms with E-state index >= 15 is 0 Å². The van der Waals surface area contributed by atoms with Crippen LogP contribution < -0.4 is 10.1 Å². The van der Waals surface area contributed by atoms with Crippen LogP contribution >= 0.6 is 0 Å². The zero-order valence-electron chi connectivity index (χ0n) is 18.8. The molecule has 1 amide bonds. The molecule has 0 atom stereocenters. The first-order valence-corrected chi connectivity index (χ1v) is 11.0. The molecule has 2 aromatic heterocycles. The minimum atomic E-state index is -0.118. The first-order chi connectivity index (χ1) is 16.2. The van der Waals surface area contributed by atoms with Gasteiger partial charge in [0.1, 0.15) is 5.75 Å². The fourth-order valence-corrected chi connectivity index (χ4v) is 3.45. The van der Waals surface area contributed by atoms with E-state index in [9.17, 15) is 4.79 Å². The Balaban J connectivity index is 1.48. The zero-order chi connectivity index (χ0) is 23.0. The van der Waals surface area contributed by atoms with Crippen molar-refractivity contribution in [3.63, 3.8) is 0 Å². The SMILES string of the molecule is CCc1nc(-c2cccc(OC)c2)n(-c2cccc(C(=O)NCCCCn3nccn3)c2)n1. The highest BCUT2D eigenvalue weighted by atomic mass is 16.5. The molecule has 0 fully saturated rings. The van der Waals surface area contributed by atoms with Crippen molar-refractivity contribution < 1.29 is 9.53 Å². The number of methoxy groups -OCH3 is 1. The van der Waals surface area contributed by atoms with Gasteiger partial charge in [-0.05, 0) is 43.2 Å². The number of benzene rings is 2. The number of hydrogen-bond donors (Lipinski definition) is 1. The average Bonchev–Trinajstić information content (AvgIpc) is 3.54. The van der Waals surface area contributed by atoms with Gasteiger partial charge in [-0.3, -0.25) is 4.79 Å². The lowest BCUT2D eigenvalue weighted by Gasteiger charge is -2.10. The van der Waals surface area contributed by atoms with Gasteiger partial charge in [-0.1, -0.05) is 25.1 Å². The van der Waals surface area contributed by atoms with Crippen LogP contribution in [0.4, 0.5) is 0 Å². The van der Waals surface area contributed by atoms with Gasteiger partial charge in [0, 0.05) is 24.1 Å². The maximum absolute atomic E-state index is 12.7. The van der Waals surface area contributed by atoms with Crippen molar-refractivity contribution in [3.8, 4) is 22.8 Å². The van der Waals surface area contributed by atoms with Crippen molar-refractivity contribution in [3.05, 3.63) is 72.3 Å². The Morgan fingerprint density at radius 1 is 1.06 bits per heavy atom. The second-order valence-electron chi connectivity index (χ2n) is 7.49. The summed E-state index contributed by atoms with van der Waals surface area (Å²) < 4.78 is 7.14. The Kier molecular flexibility index (Phi) is 7.09. The van der Waals surface area contributed by atoms with Gasteiger partial charge in [0.05, 0.1) is 31.7 Å². The Hall–Kier alpha value is -4.01. The summed E-state index contributed by atoms with van der Waals surface area (Å²) >= 11 is 0. The molecule has 0 saturated carbocycles. The highest BCUT2D eigenvalue weighted by Gasteiger charge is 2.15. The second-order valence-corrected chi connectivity index (χ2v) is 7.49. The number of aromatic nitrogens is 6. The fourth-order valence-electron chi connectivity index (χ4n) is 3.45. The lowest BCUT2D eigenvalue weighted by Crippen LogP contribution is -2.24. The fraction of sp³-hybridized carbons (Fsp3) is 0.292. The van der Waals surface area contributed by atoms with Crippen molar-refractivity contribution in [1.29, 1.82) is 0 Å². The van der Waals surface area contributed by atoms with Crippen LogP contribution in [0.2, 0.25) is 0 Å². The molecular weight excluding hydrogens is 418 g/mol. The number of nitrogens with one attached hydrogen (secondary N) is 1. The summed E-state index contributed by atoms with van der Waals surface area (Å²) in [7, 11) is 1.64. The van der Waals surface area contributed by atoms with E-state index in [4.69, 9.17) is 9.72 Å². The normalized spacial score (nSPS) is 10.8. The van der Waals surface area contributed by atoms with Gasteiger partial charge >= 0.3 is 0 Å². The summed E-state index contributed by atoms with van der Waals surface area (Å²) in [6.07, 6.45) is 5.76. The number of aryl methyl sites for hydroxylation is 2. The quantitative estimate of drug-likeness (QED) is 0.376. The molecule has 0 unspecified atom stereocenters. The molecule has 4 aromatic rings. The van der Waals surface area contributed by atoms with Crippen LogP contribution in [0.1, 0.15) is 35.9 Å². The van der Waals surface area contributed by atoms with E-state index < -0.39 is 0 Å². The first kappa shape index (κ1) is 22.2. The Morgan fingerprint density at radius 2 is 1.88 bits per heavy atom. The monoisotopic (exact) mass is 445 g/mol. The molecule has 1 N–H and O–H groups in total. The maximum atomic E-state index is 12.7. The van der Waals surface area contributed by atoms with Gasteiger partial charge < -0.3 is 10.1 Å². The smallest absolute Gasteiger partial charge is 0.251 e. The standard InChI is InChI=1S/C24H27N7O2/c1-3-22-28-23(18-8-7-11-21(17-18)33-2)31(29-22)20-10-6-9-19(16-20)24(32)25-12-4-5-15-30-26-13-14-27-30/h6-11,13-14,16-17H,3-5,12,15H2,1-2H3,(H,25,32). The minimum absolute atomic E-state index is 0.118. The minimum Gasteiger partial charge on any atom is -0.497 e. The number of unbranched alkanes of at least 4 members (excludes halogenated alkanes) is 1. The van der Waals surface area contributed by atoms with Gasteiger partial charge in [0.2, 0.25) is 0 Å². The van der Waals surface area contributed by atoms with E-state index in [1.54, 1.807) is 35.0 Å². The molecule has 9 nitrogen and oxygen atoms in total. The molecule has 0 bridgehead atoms. The Bertz CT molecular complexity index is 1200. The van der Waals surface area contributed by atoms with Gasteiger partial charge in [0.15, 0.2) is 11.6 Å². The number of nitrogens with zero attached hydrogens (tertiary/aromatic N) is 6. The highest BCUT2D eigenvalue weighted by Crippen LogP contribution is 2.25. The number of ether oxygens (including phenoxy) is 1. The van der Waals surface area contributed by atoms with Crippen LogP contribution in [0.3, 0.4) is 0 Å². The third-order valence-corrected chi connectivity index (χ3v) is 5.19. The summed E-state index contributed by atoms with van der Waals surface area (Å²) in [4.78, 5) is 19.1. The highest BCUT2D eigenvalue weighted by molar-refractivity contribution is 5.94. The molecule has 0 aliphatic heterocycles. The predicted octanol–water partition coefficient (Wildman–Crippen LogP) is 3.31. The van der Waals surface area contributed by atoms with Gasteiger partial charge in [0.25, 0.3) is 5.91 Å². The lowest BCUT2D eigenvalue weighted by molar-refractivity contribution is 0.0952. The van der Waals surface area contributed by atoms with E-state index in [2.05, 4.69) is 20.6 Å². The molecule has 9 heteroatoms. The van der Waals surface area contributed by atoms with Crippen LogP contribution in [0.15, 0.2) is 60.9 Å². The molecule has 0 spiro atoms. The summed E-state index contributed by atoms with van der Waals surface area (Å²) in [6, 6.07) is 15.1. The van der Waals surface area contributed by atoms with E-state index in [-0.39, 0.29) is 5.91 Å². The topological polar surface area (TPSA) is 99.8 Å². The third kappa shape index (κ3) is 5.43. The molecule has 0 aliphatic rings. The van der Waals surface area contributed by atoms with Crippen LogP contribution in [0, 0.1) is 0 Å². The molecule has 0 saturated heterocycles. The molecule has 170 valence electrons. The summed E-state index contributed by atoms with van der Waals surface area (Å²) in [5, 5.41) is 15.8. The van der Waals surface area contributed by atoms with Crippen LogP contribution in [-0.4, -0.2) is 49.3 Å². The Morgan fingerprint density at radius 3 is 2.67 bits per heavy atom. The van der Waals surface area contributed by atoms with Crippen molar-refractivity contribution >= 4 is 5.91 Å². The average molecular weight is 446 g/mol. The number of amides is 1. The number of carbonyl (C=O) groups excluding carboxylic acids is 1. The number of hydrogen-bond acceptors (Lipinski definition) is 6. The first-order valence-electron chi connectivity index (χ1n) is 11.0. The molecule has 0 aliphatic carbocycles. The zero-order valence-corrected chi connectivity index (χ0v) is 18.8. The predicted molar refractivity (Wildman–Crippen MR) is 124 cm³/mol. The molecule has 2 aromatic carbocycles. The van der Waals surface area contributed by atoms with E-state index in [0.29, 0.717) is 24.4 Å². The second kappa shape index (κ2) is 10.5. The lowest BCUT2D eigenvalue weighted by atomic mass is 10.1. The molecule has 4 rings (SSSR count). The van der Waals surface area contributed by atoms with E-state index in [0.717, 1.165) is 42.2 Å². The summed E-state index contributed by atoms with van der Waals surface area (Å²) in [6.45, 7) is 3.33. The van der Waals surface area contributed by atoms with Crippen LogP contribution in [0.5, 0.6) is 5.75 Å². The van der Waals surface area contributed by atoms with Crippen molar-refractivity contribution in [2.45, 2.75) is 32.7 Å². The van der Waals surface area contributed by atoms with Crippen LogP contribution in [-0.2, 0) is 13.0 Å². The van der Waals surface area contributed by atoms with Crippen molar-refractivity contribution in [2.75, 3.05) is 13.7 Å². The molecule has 2 heterocycles. The molecule has 0 radical (unpaired) electrons. The third-order valence-electron chi connectivity index (χ3n) is 5.19. The van der Waals surface area contributed by atoms with Gasteiger partial charge in [-0.25, -0.2) is 9.67 Å². The van der Waals surface area contributed by atoms with Crippen LogP contribution in [0.25, 0.3) is 17.1 Å². The summed E-state index contributed by atoms with van der Waals surface area (Å²) in [5.41, 5.74) is 2.24.